The molecule has 2 aromatic rings. The van der Waals surface area contributed by atoms with E-state index in [0.29, 0.717) is 6.42 Å². The summed E-state index contributed by atoms with van der Waals surface area (Å²) in [6.45, 7) is 1.83. The van der Waals surface area contributed by atoms with Crippen LogP contribution in [0.1, 0.15) is 12.5 Å². The highest BCUT2D eigenvalue weighted by Crippen LogP contribution is 2.29. The molecule has 0 N–H and O–H groups in total. The zero-order valence-corrected chi connectivity index (χ0v) is 17.1. The van der Waals surface area contributed by atoms with Crippen molar-refractivity contribution < 1.29 is 21.6 Å². The van der Waals surface area contributed by atoms with Gasteiger partial charge in [0.15, 0.2) is 0 Å². The van der Waals surface area contributed by atoms with E-state index in [1.165, 1.54) is 35.6 Å². The molecule has 1 saturated heterocycles. The van der Waals surface area contributed by atoms with Gasteiger partial charge in [-0.1, -0.05) is 6.92 Å². The zero-order valence-electron chi connectivity index (χ0n) is 15.5. The van der Waals surface area contributed by atoms with Crippen LogP contribution >= 0.6 is 0 Å². The summed E-state index contributed by atoms with van der Waals surface area (Å²) in [5, 5.41) is 0. The van der Waals surface area contributed by atoms with Crippen LogP contribution in [0.15, 0.2) is 53.7 Å². The Hall–Kier alpha value is -2.30. The molecule has 0 unspecified atom stereocenters. The van der Waals surface area contributed by atoms with Gasteiger partial charge in [-0.05, 0) is 48.4 Å². The second-order valence-electron chi connectivity index (χ2n) is 6.71. The van der Waals surface area contributed by atoms with Crippen LogP contribution in [0.5, 0.6) is 0 Å². The maximum Gasteiger partial charge on any atom is 0.244 e. The monoisotopic (exact) mass is 423 g/mol. The first-order chi connectivity index (χ1) is 13.1. The van der Waals surface area contributed by atoms with Crippen LogP contribution in [0.4, 0.5) is 5.69 Å². The third-order valence-electron chi connectivity index (χ3n) is 4.60. The maximum atomic E-state index is 12.7. The van der Waals surface area contributed by atoms with Crippen LogP contribution in [0.3, 0.4) is 0 Å². The van der Waals surface area contributed by atoms with Crippen LogP contribution in [0.25, 0.3) is 0 Å². The molecule has 0 radical (unpaired) electrons. The van der Waals surface area contributed by atoms with Gasteiger partial charge in [-0.15, -0.1) is 0 Å². The fourth-order valence-corrected chi connectivity index (χ4v) is 5.97. The number of hydrogen-bond donors (Lipinski definition) is 0. The molecule has 2 heterocycles. The highest BCUT2D eigenvalue weighted by atomic mass is 32.2. The van der Waals surface area contributed by atoms with E-state index < -0.39 is 31.9 Å². The first-order valence-electron chi connectivity index (χ1n) is 8.65. The van der Waals surface area contributed by atoms with E-state index in [1.54, 1.807) is 19.3 Å². The minimum Gasteiger partial charge on any atom is -0.273 e. The van der Waals surface area contributed by atoms with Crippen molar-refractivity contribution in [3.8, 4) is 0 Å². The third kappa shape index (κ3) is 3.94. The van der Waals surface area contributed by atoms with Gasteiger partial charge in [-0.2, -0.15) is 0 Å². The number of amides is 1. The summed E-state index contributed by atoms with van der Waals surface area (Å²) in [6, 6.07) is 8.97. The molecule has 150 valence electrons. The van der Waals surface area contributed by atoms with E-state index in [4.69, 9.17) is 0 Å². The van der Waals surface area contributed by atoms with Gasteiger partial charge >= 0.3 is 0 Å². The summed E-state index contributed by atoms with van der Waals surface area (Å²) in [5.41, 5.74) is 1.12. The fraction of sp³-hybridized carbons (Fsp3) is 0.333. The molecule has 0 bridgehead atoms. The molecule has 1 aromatic heterocycles. The molecule has 28 heavy (non-hydrogen) atoms. The molecule has 1 fully saturated rings. The number of pyridine rings is 1. The van der Waals surface area contributed by atoms with Crippen LogP contribution in [0, 0.1) is 5.92 Å². The highest BCUT2D eigenvalue weighted by molar-refractivity contribution is 7.94. The molecule has 1 aliphatic rings. The van der Waals surface area contributed by atoms with Crippen molar-refractivity contribution in [2.45, 2.75) is 18.2 Å². The Bertz CT molecular complexity index is 1070. The summed E-state index contributed by atoms with van der Waals surface area (Å²) in [4.78, 5) is 16.1. The SMILES string of the molecule is C[C@H]1CS(=O)(=O)N(c2ccc(S(=O)(=O)N(C)CCc3ccncc3)cc2)C1=O. The number of sulfonamides is 2. The smallest absolute Gasteiger partial charge is 0.244 e. The van der Waals surface area contributed by atoms with Crippen LogP contribution in [-0.4, -0.2) is 51.4 Å². The topological polar surface area (TPSA) is 105 Å². The largest absolute Gasteiger partial charge is 0.273 e. The van der Waals surface area contributed by atoms with Crippen molar-refractivity contribution in [2.75, 3.05) is 23.7 Å². The van der Waals surface area contributed by atoms with Crippen molar-refractivity contribution in [1.29, 1.82) is 0 Å². The van der Waals surface area contributed by atoms with E-state index >= 15 is 0 Å². The Morgan fingerprint density at radius 3 is 2.29 bits per heavy atom. The quantitative estimate of drug-likeness (QED) is 0.693. The van der Waals surface area contributed by atoms with Gasteiger partial charge in [0.05, 0.1) is 22.3 Å². The lowest BCUT2D eigenvalue weighted by Crippen LogP contribution is -2.31. The second kappa shape index (κ2) is 7.61. The summed E-state index contributed by atoms with van der Waals surface area (Å²) < 4.78 is 51.8. The molecular weight excluding hydrogens is 402 g/mol. The molecule has 0 saturated carbocycles. The summed E-state index contributed by atoms with van der Waals surface area (Å²) in [5.74, 6) is -1.37. The molecule has 1 aromatic carbocycles. The zero-order chi connectivity index (χ0) is 20.5. The van der Waals surface area contributed by atoms with Crippen LogP contribution in [0.2, 0.25) is 0 Å². The number of benzene rings is 1. The van der Waals surface area contributed by atoms with Gasteiger partial charge in [0.25, 0.3) is 0 Å². The normalized spacial score (nSPS) is 19.3. The van der Waals surface area contributed by atoms with Gasteiger partial charge in [-0.3, -0.25) is 9.78 Å². The number of hydrogen-bond acceptors (Lipinski definition) is 6. The molecule has 8 nitrogen and oxygen atoms in total. The predicted octanol–water partition coefficient (Wildman–Crippen LogP) is 1.26. The lowest BCUT2D eigenvalue weighted by atomic mass is 10.2. The predicted molar refractivity (Wildman–Crippen MR) is 105 cm³/mol. The Balaban J connectivity index is 1.77. The van der Waals surface area contributed by atoms with Crippen LogP contribution in [-0.2, 0) is 31.3 Å². The molecule has 1 amide bonds. The minimum absolute atomic E-state index is 0.0329. The van der Waals surface area contributed by atoms with E-state index in [1.807, 2.05) is 12.1 Å². The average molecular weight is 424 g/mol. The molecule has 0 aliphatic carbocycles. The second-order valence-corrected chi connectivity index (χ2v) is 10.6. The van der Waals surface area contributed by atoms with Crippen molar-refractivity contribution in [1.82, 2.24) is 9.29 Å². The number of likely N-dealkylation sites (N-methyl/N-ethyl adjacent to an activating group) is 1. The van der Waals surface area contributed by atoms with Gasteiger partial charge in [0.1, 0.15) is 0 Å². The minimum atomic E-state index is -3.74. The fourth-order valence-electron chi connectivity index (χ4n) is 2.98. The van der Waals surface area contributed by atoms with Gasteiger partial charge < -0.3 is 0 Å². The Labute approximate surface area is 164 Å². The molecule has 0 spiro atoms. The third-order valence-corrected chi connectivity index (χ3v) is 8.34. The maximum absolute atomic E-state index is 12.7. The van der Waals surface area contributed by atoms with E-state index in [9.17, 15) is 21.6 Å². The first kappa shape index (κ1) is 20.4. The lowest BCUT2D eigenvalue weighted by Gasteiger charge is -2.19. The summed E-state index contributed by atoms with van der Waals surface area (Å²) in [7, 11) is -5.97. The molecule has 1 aliphatic heterocycles. The lowest BCUT2D eigenvalue weighted by molar-refractivity contribution is -0.119. The average Bonchev–Trinajstić information content (AvgIpc) is 2.87. The number of nitrogens with zero attached hydrogens (tertiary/aromatic N) is 3. The Morgan fingerprint density at radius 1 is 1.14 bits per heavy atom. The van der Waals surface area contributed by atoms with Crippen molar-refractivity contribution in [3.05, 3.63) is 54.4 Å². The van der Waals surface area contributed by atoms with Crippen LogP contribution < -0.4 is 4.31 Å². The number of anilines is 1. The summed E-state index contributed by atoms with van der Waals surface area (Å²) in [6.07, 6.45) is 3.84. The van der Waals surface area contributed by atoms with E-state index in [2.05, 4.69) is 4.98 Å². The Morgan fingerprint density at radius 2 is 1.75 bits per heavy atom. The molecule has 3 rings (SSSR count). The Kier molecular flexibility index (Phi) is 5.55. The number of rotatable bonds is 6. The molecular formula is C18H21N3O5S2. The standard InChI is InChI=1S/C18H21N3O5S2/c1-14-13-27(23,24)21(18(14)22)16-3-5-17(6-4-16)28(25,26)20(2)12-9-15-7-10-19-11-8-15/h3-8,10-11,14H,9,12-13H2,1-2H3/t14-/m0/s1. The molecule has 10 heteroatoms. The van der Waals surface area contributed by atoms with Crippen molar-refractivity contribution in [3.63, 3.8) is 0 Å². The number of carbonyl (C=O) groups excluding carboxylic acids is 1. The van der Waals surface area contributed by atoms with E-state index in [-0.39, 0.29) is 22.9 Å². The number of aromatic nitrogens is 1. The summed E-state index contributed by atoms with van der Waals surface area (Å²) >= 11 is 0. The van der Waals surface area contributed by atoms with Crippen molar-refractivity contribution in [2.24, 2.45) is 5.92 Å². The van der Waals surface area contributed by atoms with Gasteiger partial charge in [-0.25, -0.2) is 25.4 Å². The highest BCUT2D eigenvalue weighted by Gasteiger charge is 2.42. The van der Waals surface area contributed by atoms with Crippen molar-refractivity contribution >= 4 is 31.6 Å². The van der Waals surface area contributed by atoms with Gasteiger partial charge in [0.2, 0.25) is 26.0 Å². The van der Waals surface area contributed by atoms with E-state index in [0.717, 1.165) is 9.87 Å². The number of carbonyl (C=O) groups is 1. The van der Waals surface area contributed by atoms with Gasteiger partial charge in [0, 0.05) is 26.0 Å². The molecule has 1 atom stereocenters. The first-order valence-corrected chi connectivity index (χ1v) is 11.7.